The molecule has 0 heterocycles. The van der Waals surface area contributed by atoms with Gasteiger partial charge in [-0.25, -0.2) is 0 Å². The maximum atomic E-state index is 6.05. The van der Waals surface area contributed by atoms with Gasteiger partial charge in [-0.05, 0) is 43.4 Å². The van der Waals surface area contributed by atoms with Crippen LogP contribution in [0.3, 0.4) is 0 Å². The van der Waals surface area contributed by atoms with Crippen molar-refractivity contribution in [3.63, 3.8) is 0 Å². The van der Waals surface area contributed by atoms with Gasteiger partial charge >= 0.3 is 0 Å². The number of hydrogen-bond donors (Lipinski definition) is 1. The summed E-state index contributed by atoms with van der Waals surface area (Å²) in [5.74, 6) is 0. The Morgan fingerprint density at radius 2 is 2.19 bits per heavy atom. The third kappa shape index (κ3) is 5.50. The van der Waals surface area contributed by atoms with Crippen molar-refractivity contribution in [2.75, 3.05) is 13.7 Å². The molecule has 0 spiro atoms. The number of unbranched alkanes of at least 4 members (excludes halogenated alkanes) is 1. The first kappa shape index (κ1) is 13.5. The number of methoxy groups -OCH3 is 1. The van der Waals surface area contributed by atoms with Crippen molar-refractivity contribution in [3.05, 3.63) is 34.9 Å². The minimum absolute atomic E-state index is 0.218. The fourth-order valence-electron chi connectivity index (χ4n) is 1.72. The molecule has 0 bridgehead atoms. The molecule has 2 N–H and O–H groups in total. The van der Waals surface area contributed by atoms with Crippen molar-refractivity contribution in [2.24, 2.45) is 5.73 Å². The summed E-state index contributed by atoms with van der Waals surface area (Å²) >= 11 is 5.92. The minimum Gasteiger partial charge on any atom is -0.385 e. The van der Waals surface area contributed by atoms with Gasteiger partial charge < -0.3 is 10.5 Å². The Hall–Kier alpha value is -0.570. The summed E-state index contributed by atoms with van der Waals surface area (Å²) in [6.45, 7) is 0.823. The Kier molecular flexibility index (Phi) is 6.46. The Labute approximate surface area is 103 Å². The molecule has 0 aromatic heterocycles. The zero-order valence-corrected chi connectivity index (χ0v) is 10.5. The van der Waals surface area contributed by atoms with Gasteiger partial charge in [0.2, 0.25) is 0 Å². The van der Waals surface area contributed by atoms with E-state index < -0.39 is 0 Å². The van der Waals surface area contributed by atoms with Crippen LogP contribution in [-0.2, 0) is 11.2 Å². The van der Waals surface area contributed by atoms with Crippen molar-refractivity contribution < 1.29 is 4.74 Å². The lowest BCUT2D eigenvalue weighted by atomic mass is 10.0. The van der Waals surface area contributed by atoms with Crippen molar-refractivity contribution in [3.8, 4) is 0 Å². The first-order valence-electron chi connectivity index (χ1n) is 5.71. The maximum absolute atomic E-state index is 6.05. The maximum Gasteiger partial charge on any atom is 0.0462 e. The van der Waals surface area contributed by atoms with Gasteiger partial charge in [0.25, 0.3) is 0 Å². The van der Waals surface area contributed by atoms with Gasteiger partial charge in [0, 0.05) is 24.8 Å². The quantitative estimate of drug-likeness (QED) is 0.745. The summed E-state index contributed by atoms with van der Waals surface area (Å²) in [4.78, 5) is 0. The highest BCUT2D eigenvalue weighted by Crippen LogP contribution is 2.13. The largest absolute Gasteiger partial charge is 0.385 e. The van der Waals surface area contributed by atoms with Gasteiger partial charge in [-0.1, -0.05) is 23.7 Å². The van der Waals surface area contributed by atoms with E-state index >= 15 is 0 Å². The third-order valence-corrected chi connectivity index (χ3v) is 2.80. The Morgan fingerprint density at radius 1 is 1.38 bits per heavy atom. The van der Waals surface area contributed by atoms with E-state index in [1.807, 2.05) is 18.2 Å². The number of nitrogens with two attached hydrogens (primary N) is 1. The molecule has 0 aliphatic rings. The molecule has 1 atom stereocenters. The molecule has 0 amide bonds. The van der Waals surface area contributed by atoms with Crippen molar-refractivity contribution in [1.29, 1.82) is 0 Å². The van der Waals surface area contributed by atoms with Crippen molar-refractivity contribution in [1.82, 2.24) is 0 Å². The van der Waals surface area contributed by atoms with Gasteiger partial charge in [0.05, 0.1) is 0 Å². The molecule has 3 heteroatoms. The molecule has 1 aromatic rings. The van der Waals surface area contributed by atoms with E-state index in [9.17, 15) is 0 Å². The van der Waals surface area contributed by atoms with Crippen LogP contribution in [0.4, 0.5) is 0 Å². The summed E-state index contributed by atoms with van der Waals surface area (Å²) in [6, 6.07) is 8.12. The number of benzene rings is 1. The van der Waals surface area contributed by atoms with Crippen LogP contribution in [0.1, 0.15) is 24.8 Å². The van der Waals surface area contributed by atoms with Crippen molar-refractivity contribution >= 4 is 11.6 Å². The normalized spacial score (nSPS) is 12.7. The highest BCUT2D eigenvalue weighted by Gasteiger charge is 2.04. The summed E-state index contributed by atoms with van der Waals surface area (Å²) in [7, 11) is 1.73. The summed E-state index contributed by atoms with van der Waals surface area (Å²) in [5, 5.41) is 0.782. The summed E-state index contributed by atoms with van der Waals surface area (Å²) in [5.41, 5.74) is 7.27. The molecule has 0 aliphatic carbocycles. The third-order valence-electron chi connectivity index (χ3n) is 2.56. The molecular weight excluding hydrogens is 222 g/mol. The highest BCUT2D eigenvalue weighted by atomic mass is 35.5. The number of rotatable bonds is 7. The smallest absolute Gasteiger partial charge is 0.0462 e. The average molecular weight is 242 g/mol. The van der Waals surface area contributed by atoms with Crippen LogP contribution in [0, 0.1) is 0 Å². The van der Waals surface area contributed by atoms with E-state index in [1.54, 1.807) is 7.11 Å². The minimum atomic E-state index is 0.218. The van der Waals surface area contributed by atoms with Crippen LogP contribution in [-0.4, -0.2) is 19.8 Å². The molecule has 0 aliphatic heterocycles. The second-order valence-electron chi connectivity index (χ2n) is 4.08. The summed E-state index contributed by atoms with van der Waals surface area (Å²) < 4.78 is 5.00. The molecule has 0 radical (unpaired) electrons. The first-order chi connectivity index (χ1) is 7.72. The topological polar surface area (TPSA) is 35.2 Å². The SMILES string of the molecule is COCCCCC(N)Cc1cccc(Cl)c1. The predicted molar refractivity (Wildman–Crippen MR) is 68.9 cm³/mol. The Morgan fingerprint density at radius 3 is 2.88 bits per heavy atom. The first-order valence-corrected chi connectivity index (χ1v) is 6.09. The van der Waals surface area contributed by atoms with Crippen LogP contribution >= 0.6 is 11.6 Å². The molecule has 1 unspecified atom stereocenters. The molecule has 0 saturated carbocycles. The molecular formula is C13H20ClNO. The average Bonchev–Trinajstić information content (AvgIpc) is 2.24. The van der Waals surface area contributed by atoms with Crippen LogP contribution in [0.5, 0.6) is 0 Å². The van der Waals surface area contributed by atoms with Gasteiger partial charge in [0.15, 0.2) is 0 Å². The molecule has 2 nitrogen and oxygen atoms in total. The van der Waals surface area contributed by atoms with E-state index in [4.69, 9.17) is 22.1 Å². The molecule has 90 valence electrons. The number of halogens is 1. The monoisotopic (exact) mass is 241 g/mol. The van der Waals surface area contributed by atoms with E-state index in [2.05, 4.69) is 6.07 Å². The molecule has 1 rings (SSSR count). The fourth-order valence-corrected chi connectivity index (χ4v) is 1.93. The predicted octanol–water partition coefficient (Wildman–Crippen LogP) is 3.03. The second kappa shape index (κ2) is 7.66. The lowest BCUT2D eigenvalue weighted by Crippen LogP contribution is -2.22. The zero-order chi connectivity index (χ0) is 11.8. The number of hydrogen-bond acceptors (Lipinski definition) is 2. The van der Waals surface area contributed by atoms with Gasteiger partial charge in [-0.15, -0.1) is 0 Å². The van der Waals surface area contributed by atoms with E-state index in [0.717, 1.165) is 37.3 Å². The van der Waals surface area contributed by atoms with Crippen LogP contribution in [0.2, 0.25) is 5.02 Å². The highest BCUT2D eigenvalue weighted by molar-refractivity contribution is 6.30. The molecule has 1 aromatic carbocycles. The Balaban J connectivity index is 2.25. The van der Waals surface area contributed by atoms with Gasteiger partial charge in [-0.2, -0.15) is 0 Å². The zero-order valence-electron chi connectivity index (χ0n) is 9.79. The van der Waals surface area contributed by atoms with Crippen LogP contribution in [0.15, 0.2) is 24.3 Å². The van der Waals surface area contributed by atoms with Gasteiger partial charge in [-0.3, -0.25) is 0 Å². The van der Waals surface area contributed by atoms with Gasteiger partial charge in [0.1, 0.15) is 0 Å². The van der Waals surface area contributed by atoms with E-state index in [-0.39, 0.29) is 6.04 Å². The lowest BCUT2D eigenvalue weighted by Gasteiger charge is -2.11. The summed E-state index contributed by atoms with van der Waals surface area (Å²) in [6.07, 6.45) is 4.14. The number of ether oxygens (including phenoxy) is 1. The molecule has 16 heavy (non-hydrogen) atoms. The Bertz CT molecular complexity index is 304. The molecule has 0 fully saturated rings. The lowest BCUT2D eigenvalue weighted by molar-refractivity contribution is 0.191. The standard InChI is InChI=1S/C13H20ClNO/c1-16-8-3-2-7-13(15)10-11-5-4-6-12(14)9-11/h4-6,9,13H,2-3,7-8,10,15H2,1H3. The van der Waals surface area contributed by atoms with Crippen LogP contribution < -0.4 is 5.73 Å². The second-order valence-corrected chi connectivity index (χ2v) is 4.52. The van der Waals surface area contributed by atoms with E-state index in [1.165, 1.54) is 5.56 Å². The fraction of sp³-hybridized carbons (Fsp3) is 0.538. The molecule has 0 saturated heterocycles. The van der Waals surface area contributed by atoms with Crippen molar-refractivity contribution in [2.45, 2.75) is 31.7 Å². The van der Waals surface area contributed by atoms with Crippen LogP contribution in [0.25, 0.3) is 0 Å². The van der Waals surface area contributed by atoms with E-state index in [0.29, 0.717) is 0 Å².